The van der Waals surface area contributed by atoms with E-state index in [-0.39, 0.29) is 49.0 Å². The summed E-state index contributed by atoms with van der Waals surface area (Å²) in [5.41, 5.74) is 1.04. The fourth-order valence-corrected chi connectivity index (χ4v) is 7.19. The Kier molecular flexibility index (Phi) is 12.9. The minimum absolute atomic E-state index is 0.0354. The van der Waals surface area contributed by atoms with Gasteiger partial charge in [-0.1, -0.05) is 6.92 Å². The lowest BCUT2D eigenvalue weighted by Gasteiger charge is -2.35. The fraction of sp³-hybridized carbons (Fsp3) is 0.459. The molecule has 0 bridgehead atoms. The lowest BCUT2D eigenvalue weighted by Crippen LogP contribution is -2.48. The number of anilines is 2. The zero-order chi connectivity index (χ0) is 37.4. The molecule has 0 fully saturated rings. The molecule has 5 rings (SSSR count). The van der Waals surface area contributed by atoms with Crippen molar-refractivity contribution in [2.75, 3.05) is 57.9 Å². The molecule has 0 radical (unpaired) electrons. The smallest absolute Gasteiger partial charge is 0.323 e. The van der Waals surface area contributed by atoms with E-state index in [1.54, 1.807) is 55.5 Å². The van der Waals surface area contributed by atoms with E-state index in [0.29, 0.717) is 47.4 Å². The minimum atomic E-state index is -3.87. The first kappa shape index (κ1) is 38.7. The van der Waals surface area contributed by atoms with E-state index in [2.05, 4.69) is 10.6 Å². The molecule has 0 aliphatic carbocycles. The second-order valence-corrected chi connectivity index (χ2v) is 15.2. The van der Waals surface area contributed by atoms with E-state index in [4.69, 9.17) is 23.7 Å². The summed E-state index contributed by atoms with van der Waals surface area (Å²) in [7, 11) is -0.850. The van der Waals surface area contributed by atoms with Crippen molar-refractivity contribution in [2.45, 2.75) is 63.2 Å². The highest BCUT2D eigenvalue weighted by Crippen LogP contribution is 2.34. The van der Waals surface area contributed by atoms with Gasteiger partial charge in [0, 0.05) is 50.1 Å². The fourth-order valence-electron chi connectivity index (χ4n) is 6.01. The Morgan fingerprint density at radius 3 is 2.37 bits per heavy atom. The van der Waals surface area contributed by atoms with Crippen LogP contribution in [0.5, 0.6) is 23.0 Å². The third-order valence-electron chi connectivity index (χ3n) is 9.14. The Hall–Kier alpha value is -4.57. The van der Waals surface area contributed by atoms with Crippen LogP contribution in [0.15, 0.2) is 65.6 Å². The summed E-state index contributed by atoms with van der Waals surface area (Å²) in [5, 5.41) is 15.8. The predicted octanol–water partition coefficient (Wildman–Crippen LogP) is 5.18. The topological polar surface area (TPSA) is 165 Å². The average Bonchev–Trinajstić information content (AvgIpc) is 3.60. The number of aliphatic hydroxyl groups is 1. The van der Waals surface area contributed by atoms with Crippen molar-refractivity contribution < 1.29 is 46.8 Å². The van der Waals surface area contributed by atoms with Crippen LogP contribution in [-0.4, -0.2) is 100 Å². The summed E-state index contributed by atoms with van der Waals surface area (Å²) in [5.74, 6) is 1.21. The molecule has 2 aliphatic rings. The van der Waals surface area contributed by atoms with E-state index < -0.39 is 34.1 Å². The molecular weight excluding hydrogens is 692 g/mol. The van der Waals surface area contributed by atoms with Gasteiger partial charge in [0.05, 0.1) is 42.4 Å². The van der Waals surface area contributed by atoms with Crippen LogP contribution in [0.25, 0.3) is 0 Å². The number of hydrogen-bond acceptors (Lipinski definition) is 10. The van der Waals surface area contributed by atoms with Gasteiger partial charge in [-0.05, 0) is 87.7 Å². The molecule has 2 aliphatic heterocycles. The largest absolute Gasteiger partial charge is 0.497 e. The van der Waals surface area contributed by atoms with Crippen LogP contribution >= 0.6 is 0 Å². The maximum Gasteiger partial charge on any atom is 0.323 e. The number of amides is 3. The molecule has 3 aromatic rings. The van der Waals surface area contributed by atoms with Crippen LogP contribution < -0.4 is 29.6 Å². The van der Waals surface area contributed by atoms with Crippen molar-refractivity contribution in [3.63, 3.8) is 0 Å². The standard InChI is InChI=1S/C37H48N4O10S/c1-24-20-41(25(2)22-42)36(43)31-18-27(38-37(44)39-28-10-16-33-34(19-28)50-23-49-33)9-15-32(31)51-26(3)8-6-7-17-48-35(24)21-40(4)52(45,46)30-13-11-29(47-5)12-14-30/h9-16,18-19,24-26,35,42H,6-8,17,20-23H2,1-5H3,(H2,38,39,44)/t24-,25-,26-,35+/m0/s1. The quantitative estimate of drug-likeness (QED) is 0.266. The number of methoxy groups -OCH3 is 1. The van der Waals surface area contributed by atoms with Crippen molar-refractivity contribution in [3.05, 3.63) is 66.2 Å². The highest BCUT2D eigenvalue weighted by molar-refractivity contribution is 7.89. The third-order valence-corrected chi connectivity index (χ3v) is 11.0. The summed E-state index contributed by atoms with van der Waals surface area (Å²) in [6.45, 7) is 5.90. The van der Waals surface area contributed by atoms with E-state index in [9.17, 15) is 23.1 Å². The Bertz CT molecular complexity index is 1810. The van der Waals surface area contributed by atoms with Crippen molar-refractivity contribution in [1.29, 1.82) is 0 Å². The maximum atomic E-state index is 14.4. The number of benzene rings is 3. The SMILES string of the molecule is COc1ccc(S(=O)(=O)N(C)C[C@H]2OCCCC[C@H](C)Oc3ccc(NC(=O)Nc4ccc5c(c4)OCO5)cc3C(=O)N([C@@H](C)CO)C[C@@H]2C)cc1. The maximum absolute atomic E-state index is 14.4. The second kappa shape index (κ2) is 17.3. The van der Waals surface area contributed by atoms with Gasteiger partial charge in [-0.15, -0.1) is 0 Å². The lowest BCUT2D eigenvalue weighted by molar-refractivity contribution is -0.00834. The summed E-state index contributed by atoms with van der Waals surface area (Å²) >= 11 is 0. The molecule has 15 heteroatoms. The number of nitrogens with one attached hydrogen (secondary N) is 2. The van der Waals surface area contributed by atoms with Gasteiger partial charge in [0.25, 0.3) is 5.91 Å². The van der Waals surface area contributed by atoms with Gasteiger partial charge in [-0.25, -0.2) is 13.2 Å². The molecule has 3 aromatic carbocycles. The number of urea groups is 1. The number of nitrogens with zero attached hydrogens (tertiary/aromatic N) is 2. The first-order chi connectivity index (χ1) is 24.9. The summed E-state index contributed by atoms with van der Waals surface area (Å²) in [6.07, 6.45) is 1.34. The number of carbonyl (C=O) groups is 2. The van der Waals surface area contributed by atoms with Crippen LogP contribution in [-0.2, 0) is 14.8 Å². The number of rotatable bonds is 9. The molecule has 2 heterocycles. The van der Waals surface area contributed by atoms with Gasteiger partial charge in [-0.2, -0.15) is 4.31 Å². The number of ether oxygens (including phenoxy) is 5. The van der Waals surface area contributed by atoms with Gasteiger partial charge >= 0.3 is 6.03 Å². The van der Waals surface area contributed by atoms with E-state index in [1.165, 1.54) is 35.5 Å². The van der Waals surface area contributed by atoms with Gasteiger partial charge in [-0.3, -0.25) is 4.79 Å². The number of fused-ring (bicyclic) bond motifs is 2. The Morgan fingerprint density at radius 1 is 1.00 bits per heavy atom. The Labute approximate surface area is 305 Å². The first-order valence-electron chi connectivity index (χ1n) is 17.3. The van der Waals surface area contributed by atoms with Crippen molar-refractivity contribution in [2.24, 2.45) is 5.92 Å². The number of sulfonamides is 1. The monoisotopic (exact) mass is 740 g/mol. The van der Waals surface area contributed by atoms with Gasteiger partial charge in [0.2, 0.25) is 16.8 Å². The summed E-state index contributed by atoms with van der Waals surface area (Å²) < 4.78 is 56.9. The zero-order valence-electron chi connectivity index (χ0n) is 30.2. The molecule has 4 atom stereocenters. The van der Waals surface area contributed by atoms with Crippen molar-refractivity contribution in [1.82, 2.24) is 9.21 Å². The van der Waals surface area contributed by atoms with E-state index in [0.717, 1.165) is 12.8 Å². The molecule has 0 aromatic heterocycles. The van der Waals surface area contributed by atoms with Crippen LogP contribution in [0.2, 0.25) is 0 Å². The molecule has 282 valence electrons. The van der Waals surface area contributed by atoms with Gasteiger partial charge in [0.1, 0.15) is 11.5 Å². The molecule has 0 unspecified atom stereocenters. The molecule has 0 saturated carbocycles. The average molecular weight is 741 g/mol. The van der Waals surface area contributed by atoms with Crippen LogP contribution in [0.1, 0.15) is 50.4 Å². The highest BCUT2D eigenvalue weighted by Gasteiger charge is 2.32. The van der Waals surface area contributed by atoms with Gasteiger partial charge < -0.3 is 44.3 Å². The lowest BCUT2D eigenvalue weighted by atomic mass is 10.0. The Balaban J connectivity index is 1.39. The number of aliphatic hydroxyl groups excluding tert-OH is 1. The zero-order valence-corrected chi connectivity index (χ0v) is 31.0. The van der Waals surface area contributed by atoms with Gasteiger partial charge in [0.15, 0.2) is 11.5 Å². The summed E-state index contributed by atoms with van der Waals surface area (Å²) in [4.78, 5) is 29.1. The van der Waals surface area contributed by atoms with Crippen LogP contribution in [0, 0.1) is 5.92 Å². The van der Waals surface area contributed by atoms with E-state index >= 15 is 0 Å². The first-order valence-corrected chi connectivity index (χ1v) is 18.8. The third kappa shape index (κ3) is 9.45. The number of carbonyl (C=O) groups excluding carboxylic acids is 2. The van der Waals surface area contributed by atoms with Crippen LogP contribution in [0.3, 0.4) is 0 Å². The number of likely N-dealkylation sites (N-methyl/N-ethyl adjacent to an activating group) is 1. The Morgan fingerprint density at radius 2 is 1.67 bits per heavy atom. The second-order valence-electron chi connectivity index (χ2n) is 13.1. The molecule has 0 saturated heterocycles. The molecule has 3 N–H and O–H groups in total. The van der Waals surface area contributed by atoms with Crippen molar-refractivity contribution >= 4 is 33.3 Å². The summed E-state index contributed by atoms with van der Waals surface area (Å²) in [6, 6.07) is 14.9. The van der Waals surface area contributed by atoms with Crippen molar-refractivity contribution in [3.8, 4) is 23.0 Å². The van der Waals surface area contributed by atoms with Crippen LogP contribution in [0.4, 0.5) is 16.2 Å². The molecule has 0 spiro atoms. The highest BCUT2D eigenvalue weighted by atomic mass is 32.2. The number of hydrogen-bond donors (Lipinski definition) is 3. The minimum Gasteiger partial charge on any atom is -0.497 e. The molecular formula is C37H48N4O10S. The molecule has 3 amide bonds. The molecule has 52 heavy (non-hydrogen) atoms. The normalized spacial score (nSPS) is 20.3. The van der Waals surface area contributed by atoms with E-state index in [1.807, 2.05) is 13.8 Å². The molecule has 14 nitrogen and oxygen atoms in total. The predicted molar refractivity (Wildman–Crippen MR) is 195 cm³/mol.